The van der Waals surface area contributed by atoms with Gasteiger partial charge in [-0.3, -0.25) is 4.79 Å². The Morgan fingerprint density at radius 1 is 1.22 bits per heavy atom. The van der Waals surface area contributed by atoms with Crippen LogP contribution in [0.15, 0.2) is 18.2 Å². The molecule has 0 spiro atoms. The maximum Gasteiger partial charge on any atom is 0.319 e. The van der Waals surface area contributed by atoms with Gasteiger partial charge in [-0.1, -0.05) is 19.3 Å². The average molecular weight is 315 g/mol. The summed E-state index contributed by atoms with van der Waals surface area (Å²) < 4.78 is 0. The van der Waals surface area contributed by atoms with Crippen LogP contribution in [0, 0.1) is 0 Å². The Kier molecular flexibility index (Phi) is 4.04. The molecule has 2 aliphatic rings. The molecule has 1 heterocycles. The molecule has 3 rings (SSSR count). The van der Waals surface area contributed by atoms with E-state index in [-0.39, 0.29) is 18.0 Å². The highest BCUT2D eigenvalue weighted by Gasteiger charge is 2.42. The van der Waals surface area contributed by atoms with Crippen molar-refractivity contribution in [1.29, 1.82) is 0 Å². The highest BCUT2D eigenvalue weighted by atomic mass is 16.2. The van der Waals surface area contributed by atoms with E-state index in [2.05, 4.69) is 10.6 Å². The van der Waals surface area contributed by atoms with E-state index in [0.717, 1.165) is 29.8 Å². The lowest BCUT2D eigenvalue weighted by Crippen LogP contribution is -2.39. The van der Waals surface area contributed by atoms with Gasteiger partial charge in [0.25, 0.3) is 0 Å². The van der Waals surface area contributed by atoms with Gasteiger partial charge in [0, 0.05) is 24.5 Å². The minimum Gasteiger partial charge on any atom is -0.335 e. The summed E-state index contributed by atoms with van der Waals surface area (Å²) in [7, 11) is 1.79. The van der Waals surface area contributed by atoms with E-state index in [4.69, 9.17) is 0 Å². The summed E-state index contributed by atoms with van der Waals surface area (Å²) in [5.41, 5.74) is 2.05. The zero-order valence-corrected chi connectivity index (χ0v) is 14.1. The number of anilines is 2. The predicted octanol–water partition coefficient (Wildman–Crippen LogP) is 3.39. The number of fused-ring (bicyclic) bond motifs is 1. The van der Waals surface area contributed by atoms with Gasteiger partial charge in [-0.05, 0) is 50.5 Å². The van der Waals surface area contributed by atoms with E-state index >= 15 is 0 Å². The topological polar surface area (TPSA) is 61.4 Å². The molecule has 3 amide bonds. The second kappa shape index (κ2) is 5.87. The van der Waals surface area contributed by atoms with Crippen LogP contribution < -0.4 is 15.5 Å². The molecule has 1 aliphatic carbocycles. The van der Waals surface area contributed by atoms with Crippen LogP contribution in [0.2, 0.25) is 0 Å². The van der Waals surface area contributed by atoms with E-state index in [1.54, 1.807) is 11.9 Å². The zero-order valence-electron chi connectivity index (χ0n) is 14.1. The summed E-state index contributed by atoms with van der Waals surface area (Å²) in [6, 6.07) is 5.79. The van der Waals surface area contributed by atoms with Crippen LogP contribution in [0.1, 0.15) is 51.5 Å². The molecule has 23 heavy (non-hydrogen) atoms. The maximum atomic E-state index is 12.3. The molecular weight excluding hydrogens is 290 g/mol. The quantitative estimate of drug-likeness (QED) is 0.878. The molecule has 0 saturated heterocycles. The number of carbonyl (C=O) groups excluding carboxylic acids is 2. The van der Waals surface area contributed by atoms with Gasteiger partial charge in [0.05, 0.1) is 5.41 Å². The summed E-state index contributed by atoms with van der Waals surface area (Å²) in [6.45, 7) is 3.84. The molecule has 2 N–H and O–H groups in total. The molecule has 1 aromatic rings. The number of urea groups is 1. The van der Waals surface area contributed by atoms with Gasteiger partial charge in [-0.2, -0.15) is 0 Å². The van der Waals surface area contributed by atoms with Crippen molar-refractivity contribution in [2.24, 2.45) is 0 Å². The molecule has 5 nitrogen and oxygen atoms in total. The van der Waals surface area contributed by atoms with Crippen LogP contribution in [-0.4, -0.2) is 25.0 Å². The molecule has 1 fully saturated rings. The van der Waals surface area contributed by atoms with Crippen LogP contribution >= 0.6 is 0 Å². The lowest BCUT2D eigenvalue weighted by Gasteiger charge is -2.23. The lowest BCUT2D eigenvalue weighted by molar-refractivity contribution is -0.121. The molecule has 0 atom stereocenters. The molecule has 0 aromatic heterocycles. The number of likely N-dealkylation sites (N-methyl/N-ethyl adjacent to an activating group) is 1. The Morgan fingerprint density at radius 3 is 2.61 bits per heavy atom. The largest absolute Gasteiger partial charge is 0.335 e. The van der Waals surface area contributed by atoms with Crippen LogP contribution in [0.3, 0.4) is 0 Å². The fourth-order valence-electron chi connectivity index (χ4n) is 3.65. The SMILES string of the molecule is CN1C(=O)C(C)(C)c2cc(NC(=O)NC3CCCCC3)ccc21. The zero-order chi connectivity index (χ0) is 16.6. The van der Waals surface area contributed by atoms with Crippen molar-refractivity contribution in [3.63, 3.8) is 0 Å². The minimum absolute atomic E-state index is 0.0799. The molecule has 0 unspecified atom stereocenters. The molecule has 1 aromatic carbocycles. The number of benzene rings is 1. The molecule has 0 bridgehead atoms. The number of hydrogen-bond acceptors (Lipinski definition) is 2. The second-order valence-electron chi connectivity index (χ2n) is 7.15. The Bertz CT molecular complexity index is 633. The van der Waals surface area contributed by atoms with Crippen molar-refractivity contribution in [3.8, 4) is 0 Å². The molecular formula is C18H25N3O2. The maximum absolute atomic E-state index is 12.3. The van der Waals surface area contributed by atoms with Crippen LogP contribution in [0.4, 0.5) is 16.2 Å². The van der Waals surface area contributed by atoms with Gasteiger partial charge < -0.3 is 15.5 Å². The van der Waals surface area contributed by atoms with Gasteiger partial charge in [0.2, 0.25) is 5.91 Å². The Labute approximate surface area is 137 Å². The number of carbonyl (C=O) groups is 2. The monoisotopic (exact) mass is 315 g/mol. The summed E-state index contributed by atoms with van der Waals surface area (Å²) in [5, 5.41) is 5.95. The van der Waals surface area contributed by atoms with E-state index in [1.807, 2.05) is 32.0 Å². The van der Waals surface area contributed by atoms with E-state index in [9.17, 15) is 9.59 Å². The van der Waals surface area contributed by atoms with E-state index in [1.165, 1.54) is 19.3 Å². The first-order valence-electron chi connectivity index (χ1n) is 8.40. The fraction of sp³-hybridized carbons (Fsp3) is 0.556. The number of hydrogen-bond donors (Lipinski definition) is 2. The summed E-state index contributed by atoms with van der Waals surface area (Å²) in [4.78, 5) is 26.2. The van der Waals surface area contributed by atoms with E-state index in [0.29, 0.717) is 0 Å². The number of rotatable bonds is 2. The third-order valence-corrected chi connectivity index (χ3v) is 5.07. The molecule has 124 valence electrons. The first kappa shape index (κ1) is 15.8. The van der Waals surface area contributed by atoms with Crippen molar-refractivity contribution in [2.45, 2.75) is 57.4 Å². The molecule has 1 saturated carbocycles. The van der Waals surface area contributed by atoms with Gasteiger partial charge in [-0.25, -0.2) is 4.79 Å². The molecule has 0 radical (unpaired) electrons. The minimum atomic E-state index is -0.554. The van der Waals surface area contributed by atoms with Crippen molar-refractivity contribution >= 4 is 23.3 Å². The second-order valence-corrected chi connectivity index (χ2v) is 7.15. The Balaban J connectivity index is 1.71. The highest BCUT2D eigenvalue weighted by molar-refractivity contribution is 6.07. The van der Waals surface area contributed by atoms with Gasteiger partial charge in [0.15, 0.2) is 0 Å². The highest BCUT2D eigenvalue weighted by Crippen LogP contribution is 2.41. The standard InChI is InChI=1S/C18H25N3O2/c1-18(2)14-11-13(9-10-15(14)21(3)16(18)22)20-17(23)19-12-7-5-4-6-8-12/h9-12H,4-8H2,1-3H3,(H2,19,20,23). The van der Waals surface area contributed by atoms with Gasteiger partial charge in [0.1, 0.15) is 0 Å². The third kappa shape index (κ3) is 2.92. The van der Waals surface area contributed by atoms with Gasteiger partial charge >= 0.3 is 6.03 Å². The van der Waals surface area contributed by atoms with Crippen molar-refractivity contribution in [2.75, 3.05) is 17.3 Å². The molecule has 5 heteroatoms. The lowest BCUT2D eigenvalue weighted by atomic mass is 9.86. The summed E-state index contributed by atoms with van der Waals surface area (Å²) in [6.07, 6.45) is 5.76. The van der Waals surface area contributed by atoms with Crippen molar-refractivity contribution in [1.82, 2.24) is 5.32 Å². The smallest absolute Gasteiger partial charge is 0.319 e. The fourth-order valence-corrected chi connectivity index (χ4v) is 3.65. The normalized spacial score (nSPS) is 20.3. The van der Waals surface area contributed by atoms with Gasteiger partial charge in [-0.15, -0.1) is 0 Å². The first-order valence-corrected chi connectivity index (χ1v) is 8.40. The van der Waals surface area contributed by atoms with Crippen LogP contribution in [0.5, 0.6) is 0 Å². The Morgan fingerprint density at radius 2 is 1.91 bits per heavy atom. The predicted molar refractivity (Wildman–Crippen MR) is 91.9 cm³/mol. The first-order chi connectivity index (χ1) is 10.9. The number of nitrogens with one attached hydrogen (secondary N) is 2. The van der Waals surface area contributed by atoms with Crippen LogP contribution in [0.25, 0.3) is 0 Å². The summed E-state index contributed by atoms with van der Waals surface area (Å²) >= 11 is 0. The Hall–Kier alpha value is -2.04. The third-order valence-electron chi connectivity index (χ3n) is 5.07. The van der Waals surface area contributed by atoms with Crippen molar-refractivity contribution in [3.05, 3.63) is 23.8 Å². The molecule has 1 aliphatic heterocycles. The number of amides is 3. The average Bonchev–Trinajstić information content (AvgIpc) is 2.69. The summed E-state index contributed by atoms with van der Waals surface area (Å²) in [5.74, 6) is 0.0799. The number of nitrogens with zero attached hydrogens (tertiary/aromatic N) is 1. The van der Waals surface area contributed by atoms with Crippen molar-refractivity contribution < 1.29 is 9.59 Å². The van der Waals surface area contributed by atoms with E-state index < -0.39 is 5.41 Å². The van der Waals surface area contributed by atoms with Crippen LogP contribution in [-0.2, 0) is 10.2 Å².